The van der Waals surface area contributed by atoms with Crippen LogP contribution in [-0.4, -0.2) is 52.7 Å². The van der Waals surface area contributed by atoms with E-state index in [-0.39, 0.29) is 11.9 Å². The molecule has 1 N–H and O–H groups in total. The number of morpholine rings is 1. The summed E-state index contributed by atoms with van der Waals surface area (Å²) < 4.78 is 7.62. The largest absolute Gasteiger partial charge is 0.378 e. The van der Waals surface area contributed by atoms with Crippen molar-refractivity contribution in [1.82, 2.24) is 20.1 Å². The maximum Gasteiger partial charge on any atom is 0.230 e. The van der Waals surface area contributed by atoms with E-state index in [4.69, 9.17) is 4.74 Å². The van der Waals surface area contributed by atoms with Gasteiger partial charge in [-0.05, 0) is 30.2 Å². The zero-order valence-corrected chi connectivity index (χ0v) is 18.6. The van der Waals surface area contributed by atoms with Gasteiger partial charge in [-0.3, -0.25) is 9.36 Å². The molecule has 1 saturated heterocycles. The van der Waals surface area contributed by atoms with E-state index in [1.165, 1.54) is 30.2 Å². The Labute approximate surface area is 182 Å². The van der Waals surface area contributed by atoms with Crippen molar-refractivity contribution in [2.75, 3.05) is 37.0 Å². The molecule has 7 nitrogen and oxygen atoms in total. The van der Waals surface area contributed by atoms with Crippen LogP contribution in [0, 0.1) is 11.8 Å². The molecule has 1 atom stereocenters. The van der Waals surface area contributed by atoms with Crippen LogP contribution in [0.3, 0.4) is 0 Å². The highest BCUT2D eigenvalue weighted by molar-refractivity contribution is 7.99. The van der Waals surface area contributed by atoms with Gasteiger partial charge in [-0.1, -0.05) is 55.9 Å². The molecule has 2 aromatic rings. The molecule has 8 heteroatoms. The average molecular weight is 430 g/mol. The van der Waals surface area contributed by atoms with Crippen LogP contribution < -0.4 is 10.2 Å². The lowest BCUT2D eigenvalue weighted by Gasteiger charge is -2.28. The van der Waals surface area contributed by atoms with Crippen molar-refractivity contribution in [3.8, 4) is 0 Å². The molecule has 1 amide bonds. The molecule has 2 heterocycles. The van der Waals surface area contributed by atoms with Crippen LogP contribution in [-0.2, 0) is 16.1 Å². The highest BCUT2D eigenvalue weighted by Crippen LogP contribution is 2.41. The molecular weight excluding hydrogens is 398 g/mol. The van der Waals surface area contributed by atoms with Crippen molar-refractivity contribution < 1.29 is 9.53 Å². The summed E-state index contributed by atoms with van der Waals surface area (Å²) in [7, 11) is 0. The zero-order valence-electron chi connectivity index (χ0n) is 17.8. The Morgan fingerprint density at radius 1 is 1.20 bits per heavy atom. The fourth-order valence-electron chi connectivity index (χ4n) is 3.82. The molecule has 162 valence electrons. The van der Waals surface area contributed by atoms with E-state index < -0.39 is 0 Å². The Morgan fingerprint density at radius 2 is 1.93 bits per heavy atom. The summed E-state index contributed by atoms with van der Waals surface area (Å²) in [4.78, 5) is 15.0. The monoisotopic (exact) mass is 429 g/mol. The van der Waals surface area contributed by atoms with Crippen molar-refractivity contribution in [2.45, 2.75) is 44.4 Å². The van der Waals surface area contributed by atoms with E-state index >= 15 is 0 Å². The van der Waals surface area contributed by atoms with Gasteiger partial charge in [-0.25, -0.2) is 0 Å². The number of rotatable bonds is 9. The lowest BCUT2D eigenvalue weighted by Crippen LogP contribution is -2.38. The second-order valence-electron chi connectivity index (χ2n) is 8.47. The molecule has 0 spiro atoms. The quantitative estimate of drug-likeness (QED) is 0.618. The third kappa shape index (κ3) is 5.35. The smallest absolute Gasteiger partial charge is 0.230 e. The number of carbonyl (C=O) groups excluding carboxylic acids is 1. The summed E-state index contributed by atoms with van der Waals surface area (Å²) in [5.41, 5.74) is 1.19. The molecule has 1 aliphatic carbocycles. The number of hydrogen-bond acceptors (Lipinski definition) is 6. The first-order valence-electron chi connectivity index (χ1n) is 10.8. The van der Waals surface area contributed by atoms with Gasteiger partial charge in [-0.15, -0.1) is 10.2 Å². The Kier molecular flexibility index (Phi) is 6.94. The lowest BCUT2D eigenvalue weighted by molar-refractivity contribution is -0.119. The summed E-state index contributed by atoms with van der Waals surface area (Å²) >= 11 is 1.47. The topological polar surface area (TPSA) is 72.3 Å². The van der Waals surface area contributed by atoms with E-state index in [1.807, 2.05) is 18.2 Å². The first-order chi connectivity index (χ1) is 14.6. The number of benzene rings is 1. The number of hydrogen-bond donors (Lipinski definition) is 1. The van der Waals surface area contributed by atoms with Crippen molar-refractivity contribution in [3.05, 3.63) is 35.9 Å². The number of nitrogens with one attached hydrogen (secondary N) is 1. The van der Waals surface area contributed by atoms with Gasteiger partial charge in [0, 0.05) is 19.6 Å². The molecule has 1 unspecified atom stereocenters. The Hall–Kier alpha value is -2.06. The van der Waals surface area contributed by atoms with E-state index in [9.17, 15) is 4.79 Å². The minimum absolute atomic E-state index is 0.0489. The Bertz CT molecular complexity index is 831. The predicted molar refractivity (Wildman–Crippen MR) is 119 cm³/mol. The Balaban J connectivity index is 1.41. The zero-order chi connectivity index (χ0) is 20.9. The molecule has 30 heavy (non-hydrogen) atoms. The minimum Gasteiger partial charge on any atom is -0.378 e. The van der Waals surface area contributed by atoms with Gasteiger partial charge in [-0.2, -0.15) is 0 Å². The molecule has 1 aliphatic heterocycles. The van der Waals surface area contributed by atoms with Crippen LogP contribution in [0.4, 0.5) is 5.95 Å². The van der Waals surface area contributed by atoms with Crippen LogP contribution in [0.25, 0.3) is 0 Å². The number of aromatic nitrogens is 3. The number of amides is 1. The minimum atomic E-state index is 0.0489. The molecule has 1 aromatic heterocycles. The first-order valence-corrected chi connectivity index (χ1v) is 11.8. The first kappa shape index (κ1) is 21.2. The third-order valence-corrected chi connectivity index (χ3v) is 6.41. The second-order valence-corrected chi connectivity index (χ2v) is 9.41. The van der Waals surface area contributed by atoms with Gasteiger partial charge >= 0.3 is 0 Å². The summed E-state index contributed by atoms with van der Waals surface area (Å²) in [5, 5.41) is 12.9. The number of ether oxygens (including phenoxy) is 1. The number of nitrogens with zero attached hydrogens (tertiary/aromatic N) is 4. The highest BCUT2D eigenvalue weighted by atomic mass is 32.2. The van der Waals surface area contributed by atoms with Crippen LogP contribution in [0.2, 0.25) is 0 Å². The fourth-order valence-corrected chi connectivity index (χ4v) is 4.57. The molecule has 0 radical (unpaired) electrons. The maximum absolute atomic E-state index is 12.8. The van der Waals surface area contributed by atoms with Crippen LogP contribution >= 0.6 is 11.8 Å². The molecule has 1 saturated carbocycles. The molecular formula is C22H31N5O2S. The SMILES string of the molecule is CC(C)Cn1c(SCC(=O)NC(c2ccccc2)C2CC2)nnc1N1CCOCC1. The normalized spacial score (nSPS) is 17.9. The van der Waals surface area contributed by atoms with Gasteiger partial charge < -0.3 is 15.0 Å². The lowest BCUT2D eigenvalue weighted by atomic mass is 10.0. The van der Waals surface area contributed by atoms with Crippen LogP contribution in [0.15, 0.2) is 35.5 Å². The van der Waals surface area contributed by atoms with Gasteiger partial charge in [0.15, 0.2) is 5.16 Å². The number of anilines is 1. The summed E-state index contributed by atoms with van der Waals surface area (Å²) in [6.07, 6.45) is 2.36. The summed E-state index contributed by atoms with van der Waals surface area (Å²) in [6, 6.07) is 10.4. The average Bonchev–Trinajstić information content (AvgIpc) is 3.53. The highest BCUT2D eigenvalue weighted by Gasteiger charge is 2.33. The summed E-state index contributed by atoms with van der Waals surface area (Å²) in [6.45, 7) is 8.26. The van der Waals surface area contributed by atoms with Crippen LogP contribution in [0.5, 0.6) is 0 Å². The number of carbonyl (C=O) groups is 1. The molecule has 0 bridgehead atoms. The van der Waals surface area contributed by atoms with Crippen molar-refractivity contribution >= 4 is 23.6 Å². The second kappa shape index (κ2) is 9.83. The Morgan fingerprint density at radius 3 is 2.60 bits per heavy atom. The number of thioether (sulfide) groups is 1. The molecule has 1 aromatic carbocycles. The fraction of sp³-hybridized carbons (Fsp3) is 0.591. The summed E-state index contributed by atoms with van der Waals surface area (Å²) in [5.74, 6) is 2.29. The third-order valence-electron chi connectivity index (χ3n) is 5.44. The van der Waals surface area contributed by atoms with Gasteiger partial charge in [0.05, 0.1) is 25.0 Å². The van der Waals surface area contributed by atoms with E-state index in [0.29, 0.717) is 30.8 Å². The maximum atomic E-state index is 12.8. The predicted octanol–water partition coefficient (Wildman–Crippen LogP) is 3.13. The van der Waals surface area contributed by atoms with E-state index in [0.717, 1.165) is 30.7 Å². The molecule has 2 aliphatic rings. The van der Waals surface area contributed by atoms with E-state index in [2.05, 4.69) is 51.0 Å². The van der Waals surface area contributed by atoms with Gasteiger partial charge in [0.2, 0.25) is 11.9 Å². The van der Waals surface area contributed by atoms with Crippen LogP contribution in [0.1, 0.15) is 38.3 Å². The van der Waals surface area contributed by atoms with Crippen molar-refractivity contribution in [3.63, 3.8) is 0 Å². The standard InChI is InChI=1S/C22H31N5O2S/c1-16(2)14-27-21(26-10-12-29-13-11-26)24-25-22(27)30-15-19(28)23-20(18-8-9-18)17-6-4-3-5-7-17/h3-7,16,18,20H,8-15H2,1-2H3,(H,23,28). The van der Waals surface area contributed by atoms with Crippen molar-refractivity contribution in [1.29, 1.82) is 0 Å². The molecule has 4 rings (SSSR count). The van der Waals surface area contributed by atoms with Gasteiger partial charge in [0.1, 0.15) is 0 Å². The van der Waals surface area contributed by atoms with Gasteiger partial charge in [0.25, 0.3) is 0 Å². The van der Waals surface area contributed by atoms with E-state index in [1.54, 1.807) is 0 Å². The molecule has 2 fully saturated rings. The van der Waals surface area contributed by atoms with Crippen molar-refractivity contribution in [2.24, 2.45) is 11.8 Å².